The van der Waals surface area contributed by atoms with Crippen molar-refractivity contribution in [1.29, 1.82) is 0 Å². The second kappa shape index (κ2) is 7.04. The highest BCUT2D eigenvalue weighted by atomic mass is 32.2. The van der Waals surface area contributed by atoms with Gasteiger partial charge in [-0.1, -0.05) is 13.0 Å². The fraction of sp³-hybridized carbons (Fsp3) is 0.524. The van der Waals surface area contributed by atoms with E-state index in [1.165, 1.54) is 22.9 Å². The van der Waals surface area contributed by atoms with E-state index in [9.17, 15) is 9.00 Å². The third-order valence-corrected chi connectivity index (χ3v) is 7.69. The first kappa shape index (κ1) is 20.5. The molecule has 3 aliphatic rings. The van der Waals surface area contributed by atoms with Gasteiger partial charge in [0, 0.05) is 12.8 Å². The smallest absolute Gasteiger partial charge is 0.354 e. The van der Waals surface area contributed by atoms with Crippen molar-refractivity contribution in [2.45, 2.75) is 62.5 Å². The zero-order valence-corrected chi connectivity index (χ0v) is 18.8. The third-order valence-electron chi connectivity index (χ3n) is 6.35. The number of hydrogen-bond donors (Lipinski definition) is 2. The number of ether oxygens (including phenoxy) is 2. The summed E-state index contributed by atoms with van der Waals surface area (Å²) in [6.07, 6.45) is 5.38. The van der Waals surface area contributed by atoms with Gasteiger partial charge in [0.1, 0.15) is 4.90 Å². The molecule has 0 spiro atoms. The summed E-state index contributed by atoms with van der Waals surface area (Å²) >= 11 is 0. The molecule has 0 radical (unpaired) electrons. The number of nitrogens with two attached hydrogens (primary N) is 1. The number of benzene rings is 1. The number of nitrogens with one attached hydrogen (secondary N) is 1. The molecule has 31 heavy (non-hydrogen) atoms. The van der Waals surface area contributed by atoms with E-state index in [-0.39, 0.29) is 10.8 Å². The Hall–Kier alpha value is -2.43. The molecule has 2 heterocycles. The van der Waals surface area contributed by atoms with E-state index in [0.29, 0.717) is 19.1 Å². The summed E-state index contributed by atoms with van der Waals surface area (Å²) in [7, 11) is -1.96. The van der Waals surface area contributed by atoms with Crippen molar-refractivity contribution in [2.75, 3.05) is 19.0 Å². The Kier molecular flexibility index (Phi) is 4.65. The summed E-state index contributed by atoms with van der Waals surface area (Å²) in [6, 6.07) is 1.55. The molecule has 2 aromatic rings. The predicted molar refractivity (Wildman–Crippen MR) is 116 cm³/mol. The monoisotopic (exact) mass is 445 g/mol. The minimum atomic E-state index is -3.55. The highest BCUT2D eigenvalue weighted by Crippen LogP contribution is 2.45. The first-order chi connectivity index (χ1) is 14.7. The molecule has 1 unspecified atom stereocenters. The van der Waals surface area contributed by atoms with Crippen molar-refractivity contribution in [2.24, 2.45) is 9.50 Å². The van der Waals surface area contributed by atoms with Crippen LogP contribution < -0.4 is 15.2 Å². The van der Waals surface area contributed by atoms with Gasteiger partial charge in [-0.05, 0) is 60.8 Å². The van der Waals surface area contributed by atoms with E-state index in [1.54, 1.807) is 11.8 Å². The van der Waals surface area contributed by atoms with Crippen LogP contribution in [-0.2, 0) is 40.5 Å². The van der Waals surface area contributed by atoms with Crippen molar-refractivity contribution < 1.29 is 18.5 Å². The van der Waals surface area contributed by atoms with Gasteiger partial charge < -0.3 is 14.8 Å². The molecule has 5 rings (SSSR count). The van der Waals surface area contributed by atoms with Crippen LogP contribution in [0.4, 0.5) is 10.5 Å². The van der Waals surface area contributed by atoms with Crippen LogP contribution in [0.15, 0.2) is 21.5 Å². The average molecular weight is 446 g/mol. The minimum absolute atomic E-state index is 0.113. The molecule has 1 aliphatic heterocycles. The lowest BCUT2D eigenvalue weighted by atomic mass is 9.75. The molecule has 1 aromatic carbocycles. The fourth-order valence-electron chi connectivity index (χ4n) is 5.04. The van der Waals surface area contributed by atoms with Gasteiger partial charge in [0.2, 0.25) is 5.88 Å². The third kappa shape index (κ3) is 3.33. The second-order valence-corrected chi connectivity index (χ2v) is 10.7. The molecule has 2 amide bonds. The molecule has 9 nitrogen and oxygen atoms in total. The summed E-state index contributed by atoms with van der Waals surface area (Å²) in [4.78, 5) is 12.9. The largest absolute Gasteiger partial charge is 0.466 e. The topological polar surface area (TPSA) is 121 Å². The molecule has 0 fully saturated rings. The molecule has 3 N–H and O–H groups in total. The zero-order chi connectivity index (χ0) is 22.0. The van der Waals surface area contributed by atoms with Gasteiger partial charge >= 0.3 is 6.03 Å². The molecule has 2 aliphatic carbocycles. The van der Waals surface area contributed by atoms with Crippen LogP contribution in [0, 0.1) is 0 Å². The number of hydrogen-bond acceptors (Lipinski definition) is 5. The van der Waals surface area contributed by atoms with Gasteiger partial charge in [-0.25, -0.2) is 18.8 Å². The second-order valence-electron chi connectivity index (χ2n) is 8.97. The molecule has 166 valence electrons. The number of rotatable bonds is 4. The number of fused-ring (bicyclic) bond motifs is 3. The molecule has 10 heteroatoms. The lowest BCUT2D eigenvalue weighted by molar-refractivity contribution is 0.0165. The van der Waals surface area contributed by atoms with E-state index in [1.807, 2.05) is 6.92 Å². The maximum atomic E-state index is 13.2. The molecule has 1 aromatic heterocycles. The Morgan fingerprint density at radius 3 is 3.03 bits per heavy atom. The Balaban J connectivity index is 1.45. The van der Waals surface area contributed by atoms with E-state index in [4.69, 9.17) is 14.6 Å². The van der Waals surface area contributed by atoms with Crippen LogP contribution in [0.25, 0.3) is 0 Å². The Labute approximate surface area is 181 Å². The van der Waals surface area contributed by atoms with Crippen LogP contribution in [-0.4, -0.2) is 39.3 Å². The highest BCUT2D eigenvalue weighted by Gasteiger charge is 2.39. The number of carbonyl (C=O) groups excluding carboxylic acids is 1. The van der Waals surface area contributed by atoms with Crippen molar-refractivity contribution in [1.82, 2.24) is 9.78 Å². The maximum absolute atomic E-state index is 13.2. The number of methoxy groups -OCH3 is 1. The highest BCUT2D eigenvalue weighted by molar-refractivity contribution is 7.91. The number of amides is 2. The number of aromatic nitrogens is 2. The molecular formula is C21H27N5O4S. The van der Waals surface area contributed by atoms with Gasteiger partial charge in [0.15, 0.2) is 15.5 Å². The lowest BCUT2D eigenvalue weighted by Gasteiger charge is -2.31. The number of nitrogens with zero attached hydrogens (tertiary/aromatic N) is 3. The quantitative estimate of drug-likeness (QED) is 0.750. The number of carbonyl (C=O) groups is 1. The first-order valence-corrected chi connectivity index (χ1v) is 12.1. The number of aryl methyl sites for hydroxylation is 1. The van der Waals surface area contributed by atoms with Crippen LogP contribution in [0.3, 0.4) is 0 Å². The summed E-state index contributed by atoms with van der Waals surface area (Å²) in [5, 5.41) is 13.1. The Bertz CT molecular complexity index is 1210. The van der Waals surface area contributed by atoms with Gasteiger partial charge in [-0.3, -0.25) is 0 Å². The van der Waals surface area contributed by atoms with Crippen molar-refractivity contribution in [3.05, 3.63) is 34.5 Å². The Morgan fingerprint density at radius 2 is 2.29 bits per heavy atom. The van der Waals surface area contributed by atoms with Gasteiger partial charge in [0.25, 0.3) is 0 Å². The van der Waals surface area contributed by atoms with Crippen LogP contribution >= 0.6 is 0 Å². The van der Waals surface area contributed by atoms with E-state index >= 15 is 0 Å². The minimum Gasteiger partial charge on any atom is -0.466 e. The number of urea groups is 1. The lowest BCUT2D eigenvalue weighted by Crippen LogP contribution is -2.36. The van der Waals surface area contributed by atoms with E-state index in [2.05, 4.69) is 27.8 Å². The first-order valence-electron chi connectivity index (χ1n) is 10.5. The SMILES string of the molecule is COC[C@]1(C)Cn2ncc(S(N)(=O)=NC(=O)Nc3c4c(cc5c3[C@H](C)C5)CCC4)c2O1. The molecule has 0 saturated heterocycles. The van der Waals surface area contributed by atoms with E-state index < -0.39 is 21.5 Å². The molecule has 0 saturated carbocycles. The van der Waals surface area contributed by atoms with Crippen molar-refractivity contribution in [3.63, 3.8) is 0 Å². The number of anilines is 1. The van der Waals surface area contributed by atoms with Crippen molar-refractivity contribution in [3.8, 4) is 5.88 Å². The summed E-state index contributed by atoms with van der Waals surface area (Å²) in [5.41, 5.74) is 5.08. The van der Waals surface area contributed by atoms with Crippen molar-refractivity contribution >= 4 is 21.6 Å². The summed E-state index contributed by atoms with van der Waals surface area (Å²) in [6.45, 7) is 4.78. The average Bonchev–Trinajstić information content (AvgIpc) is 3.34. The summed E-state index contributed by atoms with van der Waals surface area (Å²) < 4.78 is 29.8. The Morgan fingerprint density at radius 1 is 1.48 bits per heavy atom. The molecular weight excluding hydrogens is 418 g/mol. The van der Waals surface area contributed by atoms with Gasteiger partial charge in [0.05, 0.1) is 19.3 Å². The molecule has 0 bridgehead atoms. The molecule has 3 atom stereocenters. The van der Waals surface area contributed by atoms with Crippen LogP contribution in [0.5, 0.6) is 5.88 Å². The predicted octanol–water partition coefficient (Wildman–Crippen LogP) is 2.76. The normalized spacial score (nSPS) is 25.0. The fourth-order valence-corrected chi connectivity index (χ4v) is 6.02. The van der Waals surface area contributed by atoms with Gasteiger partial charge in [-0.15, -0.1) is 4.36 Å². The standard InChI is InChI=1S/C21H27N5O4S/c1-12-7-14-8-13-5-4-6-15(13)18(17(12)14)24-20(27)25-31(22,28)16-9-23-26-10-21(2,11-29-3)30-19(16)26/h8-9,12H,4-7,10-11H2,1-3H3,(H3,22,24,25,27,28)/t12-,21+,31?/m1/s1. The van der Waals surface area contributed by atoms with Gasteiger partial charge in [-0.2, -0.15) is 5.10 Å². The summed E-state index contributed by atoms with van der Waals surface area (Å²) in [5.74, 6) is 0.645. The van der Waals surface area contributed by atoms with E-state index in [0.717, 1.165) is 36.9 Å². The zero-order valence-electron chi connectivity index (χ0n) is 17.9. The maximum Gasteiger partial charge on any atom is 0.354 e. The van der Waals surface area contributed by atoms with Crippen LogP contribution in [0.2, 0.25) is 0 Å². The van der Waals surface area contributed by atoms with Crippen LogP contribution in [0.1, 0.15) is 48.4 Å².